The minimum atomic E-state index is -0.694. The lowest BCUT2D eigenvalue weighted by atomic mass is 10.2. The zero-order valence-corrected chi connectivity index (χ0v) is 12.4. The lowest BCUT2D eigenvalue weighted by molar-refractivity contribution is 0.0944. The highest BCUT2D eigenvalue weighted by molar-refractivity contribution is 5.92. The predicted octanol–water partition coefficient (Wildman–Crippen LogP) is 2.29. The van der Waals surface area contributed by atoms with Crippen molar-refractivity contribution in [3.63, 3.8) is 0 Å². The molecule has 0 aliphatic carbocycles. The molecule has 0 atom stereocenters. The maximum absolute atomic E-state index is 13.5. The summed E-state index contributed by atoms with van der Waals surface area (Å²) < 4.78 is 27.0. The van der Waals surface area contributed by atoms with Crippen LogP contribution in [0.4, 0.5) is 14.6 Å². The normalized spacial score (nSPS) is 14.1. The number of anilines is 1. The molecule has 1 saturated heterocycles. The van der Waals surface area contributed by atoms with Gasteiger partial charge in [-0.15, -0.1) is 10.2 Å². The third-order valence-electron chi connectivity index (χ3n) is 3.80. The molecule has 2 aromatic rings. The van der Waals surface area contributed by atoms with Crippen LogP contribution in [0.3, 0.4) is 0 Å². The molecule has 1 aliphatic heterocycles. The average Bonchev–Trinajstić information content (AvgIpc) is 3.09. The first kappa shape index (κ1) is 15.3. The molecule has 1 N–H and O–H groups in total. The molecule has 1 aliphatic rings. The molecule has 1 fully saturated rings. The van der Waals surface area contributed by atoms with Gasteiger partial charge in [-0.3, -0.25) is 4.79 Å². The number of halogens is 2. The summed E-state index contributed by atoms with van der Waals surface area (Å²) in [4.78, 5) is 14.1. The largest absolute Gasteiger partial charge is 0.355 e. The van der Waals surface area contributed by atoms with Gasteiger partial charge in [-0.05, 0) is 37.1 Å². The molecular formula is C16H16F2N4O. The van der Waals surface area contributed by atoms with E-state index in [1.54, 1.807) is 12.1 Å². The Morgan fingerprint density at radius 2 is 1.78 bits per heavy atom. The van der Waals surface area contributed by atoms with Crippen LogP contribution in [-0.2, 0) is 6.54 Å². The first-order valence-corrected chi connectivity index (χ1v) is 7.45. The van der Waals surface area contributed by atoms with E-state index in [1.807, 2.05) is 0 Å². The third kappa shape index (κ3) is 3.44. The van der Waals surface area contributed by atoms with Crippen LogP contribution in [0.5, 0.6) is 0 Å². The van der Waals surface area contributed by atoms with E-state index in [0.29, 0.717) is 0 Å². The number of carbonyl (C=O) groups excluding carboxylic acids is 1. The topological polar surface area (TPSA) is 58.1 Å². The van der Waals surface area contributed by atoms with E-state index in [1.165, 1.54) is 6.07 Å². The minimum absolute atomic E-state index is 0.115. The van der Waals surface area contributed by atoms with Crippen LogP contribution in [0, 0.1) is 11.6 Å². The van der Waals surface area contributed by atoms with Crippen molar-refractivity contribution in [3.8, 4) is 0 Å². The zero-order valence-electron chi connectivity index (χ0n) is 12.4. The van der Waals surface area contributed by atoms with Crippen molar-refractivity contribution in [1.82, 2.24) is 15.5 Å². The van der Waals surface area contributed by atoms with Gasteiger partial charge in [0.15, 0.2) is 11.5 Å². The summed E-state index contributed by atoms with van der Waals surface area (Å²) in [6, 6.07) is 6.87. The lowest BCUT2D eigenvalue weighted by Crippen LogP contribution is -2.26. The number of aromatic nitrogens is 2. The van der Waals surface area contributed by atoms with Gasteiger partial charge in [0.1, 0.15) is 11.6 Å². The second kappa shape index (κ2) is 6.68. The molecule has 7 heteroatoms. The van der Waals surface area contributed by atoms with Crippen molar-refractivity contribution in [3.05, 3.63) is 53.2 Å². The molecule has 1 amide bonds. The van der Waals surface area contributed by atoms with Gasteiger partial charge in [-0.1, -0.05) is 6.07 Å². The van der Waals surface area contributed by atoms with Crippen LogP contribution in [0.1, 0.15) is 28.9 Å². The van der Waals surface area contributed by atoms with Crippen molar-refractivity contribution in [2.45, 2.75) is 19.4 Å². The summed E-state index contributed by atoms with van der Waals surface area (Å²) in [5, 5.41) is 10.4. The second-order valence-electron chi connectivity index (χ2n) is 5.35. The van der Waals surface area contributed by atoms with Crippen molar-refractivity contribution < 1.29 is 13.6 Å². The number of hydrogen-bond donors (Lipinski definition) is 1. The molecule has 0 radical (unpaired) electrons. The van der Waals surface area contributed by atoms with Crippen molar-refractivity contribution in [2.75, 3.05) is 18.0 Å². The van der Waals surface area contributed by atoms with E-state index < -0.39 is 17.5 Å². The molecule has 1 aromatic carbocycles. The molecule has 2 heterocycles. The molecular weight excluding hydrogens is 302 g/mol. The highest BCUT2D eigenvalue weighted by Gasteiger charge is 2.16. The predicted molar refractivity (Wildman–Crippen MR) is 81.0 cm³/mol. The third-order valence-corrected chi connectivity index (χ3v) is 3.80. The smallest absolute Gasteiger partial charge is 0.272 e. The molecule has 1 aromatic heterocycles. The first-order valence-electron chi connectivity index (χ1n) is 7.45. The summed E-state index contributed by atoms with van der Waals surface area (Å²) in [5.74, 6) is -1.17. The fourth-order valence-corrected chi connectivity index (χ4v) is 2.52. The Hall–Kier alpha value is -2.57. The van der Waals surface area contributed by atoms with E-state index in [2.05, 4.69) is 20.4 Å². The monoisotopic (exact) mass is 318 g/mol. The standard InChI is InChI=1S/C16H16F2N4O/c17-12-4-3-5-13(18)11(12)10-19-16(23)14-6-7-15(21-20-14)22-8-1-2-9-22/h3-7H,1-2,8-10H2,(H,19,23). The van der Waals surface area contributed by atoms with Gasteiger partial charge in [-0.2, -0.15) is 0 Å². The summed E-state index contributed by atoms with van der Waals surface area (Å²) in [6.07, 6.45) is 2.25. The van der Waals surface area contributed by atoms with Crippen molar-refractivity contribution >= 4 is 11.7 Å². The number of benzene rings is 1. The van der Waals surface area contributed by atoms with Crippen LogP contribution in [0.15, 0.2) is 30.3 Å². The summed E-state index contributed by atoms with van der Waals surface area (Å²) >= 11 is 0. The molecule has 120 valence electrons. The minimum Gasteiger partial charge on any atom is -0.355 e. The zero-order chi connectivity index (χ0) is 16.2. The number of rotatable bonds is 4. The Bertz CT molecular complexity index is 679. The van der Waals surface area contributed by atoms with Crippen LogP contribution < -0.4 is 10.2 Å². The van der Waals surface area contributed by atoms with Gasteiger partial charge in [0.25, 0.3) is 5.91 Å². The fourth-order valence-electron chi connectivity index (χ4n) is 2.52. The molecule has 0 unspecified atom stereocenters. The summed E-state index contributed by atoms with van der Waals surface area (Å²) in [5.41, 5.74) is -0.0628. The van der Waals surface area contributed by atoms with Gasteiger partial charge in [0.2, 0.25) is 0 Å². The number of amides is 1. The van der Waals surface area contributed by atoms with E-state index in [4.69, 9.17) is 0 Å². The van der Waals surface area contributed by atoms with Crippen molar-refractivity contribution in [1.29, 1.82) is 0 Å². The van der Waals surface area contributed by atoms with Crippen LogP contribution in [-0.4, -0.2) is 29.2 Å². The van der Waals surface area contributed by atoms with Crippen molar-refractivity contribution in [2.24, 2.45) is 0 Å². The van der Waals surface area contributed by atoms with Gasteiger partial charge in [0, 0.05) is 25.2 Å². The molecule has 23 heavy (non-hydrogen) atoms. The number of hydrogen-bond acceptors (Lipinski definition) is 4. The number of carbonyl (C=O) groups is 1. The molecule has 3 rings (SSSR count). The Morgan fingerprint density at radius 3 is 2.39 bits per heavy atom. The van der Waals surface area contributed by atoms with Crippen LogP contribution in [0.2, 0.25) is 0 Å². The average molecular weight is 318 g/mol. The van der Waals surface area contributed by atoms with Gasteiger partial charge in [-0.25, -0.2) is 8.78 Å². The maximum atomic E-state index is 13.5. The second-order valence-corrected chi connectivity index (χ2v) is 5.35. The number of nitrogens with one attached hydrogen (secondary N) is 1. The van der Waals surface area contributed by atoms with E-state index >= 15 is 0 Å². The summed E-state index contributed by atoms with van der Waals surface area (Å²) in [7, 11) is 0. The molecule has 0 spiro atoms. The van der Waals surface area contributed by atoms with Gasteiger partial charge >= 0.3 is 0 Å². The molecule has 0 bridgehead atoms. The quantitative estimate of drug-likeness (QED) is 0.940. The van der Waals surface area contributed by atoms with Crippen LogP contribution in [0.25, 0.3) is 0 Å². The lowest BCUT2D eigenvalue weighted by Gasteiger charge is -2.15. The molecule has 0 saturated carbocycles. The van der Waals surface area contributed by atoms with Crippen LogP contribution >= 0.6 is 0 Å². The highest BCUT2D eigenvalue weighted by Crippen LogP contribution is 2.16. The summed E-state index contributed by atoms with van der Waals surface area (Å²) in [6.45, 7) is 1.63. The number of nitrogens with zero attached hydrogens (tertiary/aromatic N) is 3. The highest BCUT2D eigenvalue weighted by atomic mass is 19.1. The Kier molecular flexibility index (Phi) is 4.45. The first-order chi connectivity index (χ1) is 11.1. The van der Waals surface area contributed by atoms with Gasteiger partial charge in [0.05, 0.1) is 0 Å². The Balaban J connectivity index is 1.64. The maximum Gasteiger partial charge on any atom is 0.272 e. The van der Waals surface area contributed by atoms with E-state index in [-0.39, 0.29) is 17.8 Å². The van der Waals surface area contributed by atoms with E-state index in [9.17, 15) is 13.6 Å². The Morgan fingerprint density at radius 1 is 1.09 bits per heavy atom. The van der Waals surface area contributed by atoms with Gasteiger partial charge < -0.3 is 10.2 Å². The fraction of sp³-hybridized carbons (Fsp3) is 0.312. The molecule has 5 nitrogen and oxygen atoms in total. The van der Waals surface area contributed by atoms with E-state index in [0.717, 1.165) is 43.9 Å². The Labute approximate surface area is 132 Å². The SMILES string of the molecule is O=C(NCc1c(F)cccc1F)c1ccc(N2CCCC2)nn1.